The Morgan fingerprint density at radius 1 is 1.25 bits per heavy atom. The van der Waals surface area contributed by atoms with Crippen molar-refractivity contribution in [2.24, 2.45) is 7.05 Å². The van der Waals surface area contributed by atoms with Crippen molar-refractivity contribution in [3.8, 4) is 16.9 Å². The molecule has 0 aliphatic carbocycles. The lowest BCUT2D eigenvalue weighted by Crippen LogP contribution is -2.40. The predicted molar refractivity (Wildman–Crippen MR) is 113 cm³/mol. The molecule has 2 atom stereocenters. The van der Waals surface area contributed by atoms with Gasteiger partial charge in [0.1, 0.15) is 11.3 Å². The fourth-order valence-corrected chi connectivity index (χ4v) is 3.80. The Bertz CT molecular complexity index is 1220. The zero-order valence-corrected chi connectivity index (χ0v) is 18.2. The second kappa shape index (κ2) is 9.07. The van der Waals surface area contributed by atoms with E-state index >= 15 is 0 Å². The van der Waals surface area contributed by atoms with Crippen molar-refractivity contribution in [3.63, 3.8) is 0 Å². The molecule has 3 aromatic rings. The Morgan fingerprint density at radius 3 is 2.44 bits per heavy atom. The standard InChI is InChI=1S/C20H20F3N5O3S/c1-12(11-32(3)31)25-18(29)16-8-17(13-4-6-14(7-5-13)20(21,22)23)26-28(19(16)30)15-9-24-27(2)10-15/h4-10,12H,11H2,1-3H3,(H,25,29)/t12-,32+/m0/s1. The number of aromatic nitrogens is 4. The van der Waals surface area contributed by atoms with Gasteiger partial charge in [0.15, 0.2) is 0 Å². The van der Waals surface area contributed by atoms with E-state index in [1.165, 1.54) is 41.5 Å². The average molecular weight is 467 g/mol. The summed E-state index contributed by atoms with van der Waals surface area (Å²) in [5, 5.41) is 10.8. The number of nitrogens with zero attached hydrogens (tertiary/aromatic N) is 4. The maximum absolute atomic E-state index is 13.0. The molecule has 32 heavy (non-hydrogen) atoms. The zero-order chi connectivity index (χ0) is 23.6. The van der Waals surface area contributed by atoms with Gasteiger partial charge < -0.3 is 5.32 Å². The van der Waals surface area contributed by atoms with E-state index in [4.69, 9.17) is 0 Å². The quantitative estimate of drug-likeness (QED) is 0.599. The van der Waals surface area contributed by atoms with Crippen LogP contribution >= 0.6 is 0 Å². The fourth-order valence-electron chi connectivity index (χ4n) is 3.02. The van der Waals surface area contributed by atoms with Crippen LogP contribution in [0.3, 0.4) is 0 Å². The number of carbonyl (C=O) groups excluding carboxylic acids is 1. The number of alkyl halides is 3. The van der Waals surface area contributed by atoms with Crippen LogP contribution in [0.4, 0.5) is 13.2 Å². The maximum Gasteiger partial charge on any atom is 0.416 e. The van der Waals surface area contributed by atoms with Crippen LogP contribution in [-0.2, 0) is 24.0 Å². The van der Waals surface area contributed by atoms with Crippen molar-refractivity contribution < 1.29 is 22.2 Å². The van der Waals surface area contributed by atoms with E-state index in [0.717, 1.165) is 16.8 Å². The van der Waals surface area contributed by atoms with Gasteiger partial charge in [0.25, 0.3) is 11.5 Å². The first-order valence-electron chi connectivity index (χ1n) is 9.37. The van der Waals surface area contributed by atoms with Crippen molar-refractivity contribution in [1.82, 2.24) is 24.9 Å². The highest BCUT2D eigenvalue weighted by atomic mass is 32.2. The molecule has 1 aromatic carbocycles. The maximum atomic E-state index is 13.0. The molecule has 2 heterocycles. The molecule has 8 nitrogen and oxygen atoms in total. The summed E-state index contributed by atoms with van der Waals surface area (Å²) in [6, 6.07) is 4.98. The van der Waals surface area contributed by atoms with Gasteiger partial charge in [0.05, 0.1) is 23.7 Å². The van der Waals surface area contributed by atoms with Crippen LogP contribution in [0.15, 0.2) is 47.5 Å². The topological polar surface area (TPSA) is 98.9 Å². The summed E-state index contributed by atoms with van der Waals surface area (Å²) in [6.07, 6.45) is -0.126. The Balaban J connectivity index is 2.09. The number of halogens is 3. The van der Waals surface area contributed by atoms with E-state index in [1.807, 2.05) is 0 Å². The van der Waals surface area contributed by atoms with E-state index < -0.39 is 40.0 Å². The first-order chi connectivity index (χ1) is 15.0. The summed E-state index contributed by atoms with van der Waals surface area (Å²) in [4.78, 5) is 25.8. The highest BCUT2D eigenvalue weighted by Crippen LogP contribution is 2.30. The predicted octanol–water partition coefficient (Wildman–Crippen LogP) is 2.15. The van der Waals surface area contributed by atoms with Gasteiger partial charge in [0, 0.05) is 41.5 Å². The largest absolute Gasteiger partial charge is 0.416 e. The van der Waals surface area contributed by atoms with Crippen LogP contribution in [0.25, 0.3) is 16.9 Å². The van der Waals surface area contributed by atoms with Crippen LogP contribution in [0.1, 0.15) is 22.8 Å². The van der Waals surface area contributed by atoms with Crippen molar-refractivity contribution in [2.75, 3.05) is 12.0 Å². The van der Waals surface area contributed by atoms with E-state index in [2.05, 4.69) is 15.5 Å². The molecule has 0 saturated carbocycles. The average Bonchev–Trinajstić information content (AvgIpc) is 3.13. The van der Waals surface area contributed by atoms with E-state index in [0.29, 0.717) is 0 Å². The molecule has 2 aromatic heterocycles. The number of amides is 1. The summed E-state index contributed by atoms with van der Waals surface area (Å²) in [5.74, 6) is -0.513. The van der Waals surface area contributed by atoms with Crippen molar-refractivity contribution in [3.05, 3.63) is 64.2 Å². The normalized spacial score (nSPS) is 13.6. The molecule has 0 bridgehead atoms. The minimum Gasteiger partial charge on any atom is -0.348 e. The molecule has 0 aliphatic rings. The third kappa shape index (κ3) is 5.31. The molecule has 0 spiro atoms. The zero-order valence-electron chi connectivity index (χ0n) is 17.4. The lowest BCUT2D eigenvalue weighted by molar-refractivity contribution is -0.137. The highest BCUT2D eigenvalue weighted by Gasteiger charge is 2.30. The lowest BCUT2D eigenvalue weighted by atomic mass is 10.1. The number of benzene rings is 1. The number of hydrogen-bond donors (Lipinski definition) is 1. The van der Waals surface area contributed by atoms with Crippen molar-refractivity contribution in [2.45, 2.75) is 19.1 Å². The summed E-state index contributed by atoms with van der Waals surface area (Å²) >= 11 is 0. The monoisotopic (exact) mass is 467 g/mol. The Labute approximate surface area is 183 Å². The van der Waals surface area contributed by atoms with Crippen molar-refractivity contribution >= 4 is 16.7 Å². The number of rotatable bonds is 6. The molecular weight excluding hydrogens is 447 g/mol. The molecule has 1 amide bonds. The van der Waals surface area contributed by atoms with Gasteiger partial charge in [-0.05, 0) is 25.1 Å². The van der Waals surface area contributed by atoms with Gasteiger partial charge in [0.2, 0.25) is 0 Å². The minimum atomic E-state index is -4.50. The first kappa shape index (κ1) is 23.4. The SMILES string of the molecule is C[C@@H](C[S@@](C)=O)NC(=O)c1cc(-c2ccc(C(F)(F)F)cc2)nn(-c2cnn(C)c2)c1=O. The molecule has 0 fully saturated rings. The molecule has 0 saturated heterocycles. The minimum absolute atomic E-state index is 0.124. The van der Waals surface area contributed by atoms with Gasteiger partial charge in [-0.25, -0.2) is 0 Å². The van der Waals surface area contributed by atoms with Crippen LogP contribution < -0.4 is 10.9 Å². The molecule has 12 heteroatoms. The number of aryl methyl sites for hydroxylation is 1. The van der Waals surface area contributed by atoms with Crippen LogP contribution in [0.5, 0.6) is 0 Å². The second-order valence-corrected chi connectivity index (χ2v) is 8.70. The van der Waals surface area contributed by atoms with Gasteiger partial charge in [-0.3, -0.25) is 18.5 Å². The van der Waals surface area contributed by atoms with E-state index in [9.17, 15) is 27.0 Å². The number of hydrogen-bond acceptors (Lipinski definition) is 5. The van der Waals surface area contributed by atoms with Crippen LogP contribution in [0.2, 0.25) is 0 Å². The smallest absolute Gasteiger partial charge is 0.348 e. The fraction of sp³-hybridized carbons (Fsp3) is 0.300. The third-order valence-corrected chi connectivity index (χ3v) is 5.43. The third-order valence-electron chi connectivity index (χ3n) is 4.46. The lowest BCUT2D eigenvalue weighted by Gasteiger charge is -2.14. The van der Waals surface area contributed by atoms with Crippen LogP contribution in [0, 0.1) is 0 Å². The molecule has 0 aliphatic heterocycles. The van der Waals surface area contributed by atoms with Crippen molar-refractivity contribution in [1.29, 1.82) is 0 Å². The summed E-state index contributed by atoms with van der Waals surface area (Å²) in [6.45, 7) is 1.65. The number of nitrogens with one attached hydrogen (secondary N) is 1. The molecule has 0 unspecified atom stereocenters. The number of carbonyl (C=O) groups is 1. The molecule has 1 N–H and O–H groups in total. The molecular formula is C20H20F3N5O3S. The van der Waals surface area contributed by atoms with Gasteiger partial charge >= 0.3 is 6.18 Å². The Hall–Kier alpha value is -3.28. The summed E-state index contributed by atoms with van der Waals surface area (Å²) in [5.41, 5.74) is -1.13. The highest BCUT2D eigenvalue weighted by molar-refractivity contribution is 7.84. The van der Waals surface area contributed by atoms with Crippen LogP contribution in [-0.4, -0.2) is 47.7 Å². The van der Waals surface area contributed by atoms with Gasteiger partial charge in [-0.1, -0.05) is 12.1 Å². The van der Waals surface area contributed by atoms with Gasteiger partial charge in [-0.15, -0.1) is 0 Å². The van der Waals surface area contributed by atoms with E-state index in [-0.39, 0.29) is 28.3 Å². The molecule has 170 valence electrons. The van der Waals surface area contributed by atoms with E-state index in [1.54, 1.807) is 14.0 Å². The Morgan fingerprint density at radius 2 is 1.91 bits per heavy atom. The summed E-state index contributed by atoms with van der Waals surface area (Å²) < 4.78 is 52.5. The molecule has 0 radical (unpaired) electrons. The van der Waals surface area contributed by atoms with Gasteiger partial charge in [-0.2, -0.15) is 28.1 Å². The summed E-state index contributed by atoms with van der Waals surface area (Å²) in [7, 11) is 0.471. The Kier molecular flexibility index (Phi) is 6.63. The first-order valence-corrected chi connectivity index (χ1v) is 11.1. The molecule has 3 rings (SSSR count). The second-order valence-electron chi connectivity index (χ2n) is 7.22.